The van der Waals surface area contributed by atoms with Crippen LogP contribution in [0.3, 0.4) is 0 Å². The molecule has 2 fully saturated rings. The molecule has 51 heavy (non-hydrogen) atoms. The summed E-state index contributed by atoms with van der Waals surface area (Å²) in [7, 11) is -2.89. The molecule has 0 radical (unpaired) electrons. The molecule has 264 valence electrons. The number of hydrogen-bond acceptors (Lipinski definition) is 6. The van der Waals surface area contributed by atoms with Crippen LogP contribution in [0.1, 0.15) is 58.5 Å². The number of anilines is 1. The highest BCUT2D eigenvalue weighted by Crippen LogP contribution is 2.51. The van der Waals surface area contributed by atoms with Gasteiger partial charge in [0.2, 0.25) is 11.8 Å². The van der Waals surface area contributed by atoms with Crippen molar-refractivity contribution in [2.45, 2.75) is 64.7 Å². The first kappa shape index (κ1) is 35.1. The second-order valence-corrected chi connectivity index (χ2v) is 19.4. The summed E-state index contributed by atoms with van der Waals surface area (Å²) in [4.78, 5) is 29.8. The van der Waals surface area contributed by atoms with Crippen LogP contribution in [0.5, 0.6) is 0 Å². The third-order valence-corrected chi connectivity index (χ3v) is 15.9. The van der Waals surface area contributed by atoms with E-state index >= 15 is 0 Å². The number of rotatable bonds is 11. The van der Waals surface area contributed by atoms with Crippen molar-refractivity contribution in [2.75, 3.05) is 18.1 Å². The second kappa shape index (κ2) is 14.3. The Morgan fingerprint density at radius 1 is 0.882 bits per heavy atom. The number of benzene rings is 3. The van der Waals surface area contributed by atoms with Gasteiger partial charge >= 0.3 is 0 Å². The fraction of sp³-hybridized carbons (Fsp3) is 0.349. The first-order valence-corrected chi connectivity index (χ1v) is 19.9. The fourth-order valence-corrected chi connectivity index (χ4v) is 13.2. The van der Waals surface area contributed by atoms with E-state index in [4.69, 9.17) is 13.6 Å². The minimum absolute atomic E-state index is 0.136. The van der Waals surface area contributed by atoms with E-state index in [2.05, 4.69) is 76.2 Å². The third kappa shape index (κ3) is 6.51. The molecule has 2 amide bonds. The average Bonchev–Trinajstić information content (AvgIpc) is 3.84. The standard InChI is InChI=1S/C43H47NO6Si/c1-29(24-32-21-22-33(26-45)50-32)20-23-38-39-30(25-36-40(37(39)28-48-38)42(47)44(41(36)46)31-14-8-5-9-15-31)27-49-51(43(2,3)4,34-16-10-6-11-17-34)35-18-12-7-13-19-35/h5-19,21-22,24,36-38,40,45H,20,23,25-28H2,1-4H3/b29-24+/t36-,37+,38-,40-/m1/s1. The molecule has 7 nitrogen and oxygen atoms in total. The molecule has 0 spiro atoms. The third-order valence-electron chi connectivity index (χ3n) is 10.9. The molecule has 7 rings (SSSR count). The molecule has 0 saturated carbocycles. The molecule has 4 atom stereocenters. The van der Waals surface area contributed by atoms with Crippen molar-refractivity contribution in [3.05, 3.63) is 131 Å². The molecule has 2 aliphatic heterocycles. The number of fused-ring (bicyclic) bond motifs is 3. The van der Waals surface area contributed by atoms with Gasteiger partial charge in [-0.1, -0.05) is 105 Å². The van der Waals surface area contributed by atoms with E-state index in [1.165, 1.54) is 15.3 Å². The summed E-state index contributed by atoms with van der Waals surface area (Å²) in [6.07, 6.45) is 3.76. The molecular weight excluding hydrogens is 655 g/mol. The van der Waals surface area contributed by atoms with Gasteiger partial charge < -0.3 is 18.7 Å². The molecule has 2 saturated heterocycles. The zero-order valence-electron chi connectivity index (χ0n) is 29.9. The number of ether oxygens (including phenoxy) is 1. The van der Waals surface area contributed by atoms with Crippen molar-refractivity contribution >= 4 is 42.3 Å². The monoisotopic (exact) mass is 701 g/mol. The summed E-state index contributed by atoms with van der Waals surface area (Å²) in [6.45, 7) is 9.50. The second-order valence-electron chi connectivity index (χ2n) is 15.1. The molecule has 1 aliphatic carbocycles. The van der Waals surface area contributed by atoms with Crippen LogP contribution in [-0.4, -0.2) is 44.6 Å². The number of furan rings is 1. The number of hydrogen-bond donors (Lipinski definition) is 1. The molecule has 3 aromatic carbocycles. The molecule has 4 aromatic rings. The Labute approximate surface area is 301 Å². The first-order valence-electron chi connectivity index (χ1n) is 18.0. The summed E-state index contributed by atoms with van der Waals surface area (Å²) in [5.74, 6) is -0.165. The number of imide groups is 1. The quantitative estimate of drug-likeness (QED) is 0.102. The molecule has 3 aliphatic rings. The van der Waals surface area contributed by atoms with E-state index in [1.807, 2.05) is 54.6 Å². The molecule has 1 aromatic heterocycles. The van der Waals surface area contributed by atoms with Gasteiger partial charge in [0.1, 0.15) is 18.1 Å². The van der Waals surface area contributed by atoms with Gasteiger partial charge in [-0.25, -0.2) is 0 Å². The first-order chi connectivity index (χ1) is 24.6. The van der Waals surface area contributed by atoms with Gasteiger partial charge in [-0.2, -0.15) is 0 Å². The van der Waals surface area contributed by atoms with Crippen LogP contribution >= 0.6 is 0 Å². The predicted molar refractivity (Wildman–Crippen MR) is 202 cm³/mol. The minimum Gasteiger partial charge on any atom is -0.459 e. The number of carbonyl (C=O) groups excluding carboxylic acids is 2. The van der Waals surface area contributed by atoms with Gasteiger partial charge in [0.25, 0.3) is 8.32 Å². The Hall–Kier alpha value is -4.34. The molecule has 1 N–H and O–H groups in total. The van der Waals surface area contributed by atoms with E-state index < -0.39 is 20.2 Å². The Bertz CT molecular complexity index is 1890. The maximum absolute atomic E-state index is 14.2. The Balaban J connectivity index is 1.26. The smallest absolute Gasteiger partial charge is 0.261 e. The number of para-hydroxylation sites is 1. The van der Waals surface area contributed by atoms with Gasteiger partial charge in [-0.15, -0.1) is 0 Å². The van der Waals surface area contributed by atoms with Crippen molar-refractivity contribution < 1.29 is 28.3 Å². The number of allylic oxidation sites excluding steroid dienone is 1. The van der Waals surface area contributed by atoms with Crippen LogP contribution in [-0.2, 0) is 25.4 Å². The van der Waals surface area contributed by atoms with Crippen molar-refractivity contribution in [1.29, 1.82) is 0 Å². The summed E-state index contributed by atoms with van der Waals surface area (Å²) in [5.41, 5.74) is 3.97. The van der Waals surface area contributed by atoms with Crippen LogP contribution < -0.4 is 15.3 Å². The van der Waals surface area contributed by atoms with Gasteiger partial charge in [0.15, 0.2) is 0 Å². The minimum atomic E-state index is -2.89. The van der Waals surface area contributed by atoms with Gasteiger partial charge in [0, 0.05) is 5.92 Å². The molecule has 0 unspecified atom stereocenters. The number of carbonyl (C=O) groups is 2. The molecule has 3 heterocycles. The predicted octanol–water partition coefficient (Wildman–Crippen LogP) is 7.05. The lowest BCUT2D eigenvalue weighted by molar-refractivity contribution is -0.122. The van der Waals surface area contributed by atoms with Gasteiger partial charge in [-0.3, -0.25) is 14.5 Å². The van der Waals surface area contributed by atoms with Crippen LogP contribution in [0, 0.1) is 17.8 Å². The summed E-state index contributed by atoms with van der Waals surface area (Å²) >= 11 is 0. The van der Waals surface area contributed by atoms with Crippen LogP contribution in [0.4, 0.5) is 5.69 Å². The highest BCUT2D eigenvalue weighted by Gasteiger charge is 2.58. The largest absolute Gasteiger partial charge is 0.459 e. The summed E-state index contributed by atoms with van der Waals surface area (Å²) in [5, 5.41) is 11.6. The SMILES string of the molecule is C/C(=C\c1ccc(CO)o1)CC[C@H]1OC[C@H]2C1=C(CO[Si](c1ccccc1)(c1ccccc1)C(C)(C)C)C[C@H]1C(=O)N(c3ccccc3)C(=O)[C@H]12. The lowest BCUT2D eigenvalue weighted by Gasteiger charge is -2.44. The molecular formula is C43H47NO6Si. The zero-order chi connectivity index (χ0) is 35.8. The number of amides is 2. The number of nitrogens with zero attached hydrogens (tertiary/aromatic N) is 1. The lowest BCUT2D eigenvalue weighted by Crippen LogP contribution is -2.66. The highest BCUT2D eigenvalue weighted by atomic mass is 28.4. The average molecular weight is 702 g/mol. The maximum atomic E-state index is 14.2. The van der Waals surface area contributed by atoms with Crippen molar-refractivity contribution in [1.82, 2.24) is 0 Å². The fourth-order valence-electron chi connectivity index (χ4n) is 8.62. The van der Waals surface area contributed by atoms with Crippen LogP contribution in [0.15, 0.2) is 124 Å². The Morgan fingerprint density at radius 2 is 1.51 bits per heavy atom. The Kier molecular flexibility index (Phi) is 9.87. The zero-order valence-corrected chi connectivity index (χ0v) is 30.9. The lowest BCUT2D eigenvalue weighted by atomic mass is 9.69. The summed E-state index contributed by atoms with van der Waals surface area (Å²) in [6, 6.07) is 34.1. The van der Waals surface area contributed by atoms with E-state index in [0.717, 1.165) is 29.6 Å². The number of aliphatic hydroxyl groups is 1. The maximum Gasteiger partial charge on any atom is 0.261 e. The van der Waals surface area contributed by atoms with E-state index in [9.17, 15) is 14.7 Å². The van der Waals surface area contributed by atoms with Crippen molar-refractivity contribution in [3.63, 3.8) is 0 Å². The molecule has 8 heteroatoms. The Morgan fingerprint density at radius 3 is 2.10 bits per heavy atom. The van der Waals surface area contributed by atoms with Gasteiger partial charge in [0.05, 0.1) is 36.8 Å². The van der Waals surface area contributed by atoms with E-state index in [-0.39, 0.29) is 35.5 Å². The topological polar surface area (TPSA) is 89.2 Å². The normalized spacial score (nSPS) is 22.5. The highest BCUT2D eigenvalue weighted by molar-refractivity contribution is 6.99. The van der Waals surface area contributed by atoms with Gasteiger partial charge in [-0.05, 0) is 83.1 Å². The van der Waals surface area contributed by atoms with E-state index in [1.54, 1.807) is 6.07 Å². The van der Waals surface area contributed by atoms with Crippen molar-refractivity contribution in [3.8, 4) is 0 Å². The number of aliphatic hydroxyl groups excluding tert-OH is 1. The van der Waals surface area contributed by atoms with Crippen molar-refractivity contribution in [2.24, 2.45) is 17.8 Å². The summed E-state index contributed by atoms with van der Waals surface area (Å²) < 4.78 is 19.8. The van der Waals surface area contributed by atoms with Crippen LogP contribution in [0.25, 0.3) is 6.08 Å². The van der Waals surface area contributed by atoms with Crippen LogP contribution in [0.2, 0.25) is 5.04 Å². The molecule has 0 bridgehead atoms. The van der Waals surface area contributed by atoms with E-state index in [0.29, 0.717) is 36.8 Å².